The monoisotopic (exact) mass is 483 g/mol. The van der Waals surface area contributed by atoms with E-state index < -0.39 is 15.6 Å². The minimum atomic E-state index is -3.68. The Labute approximate surface area is 202 Å². The molecular formula is C26H33N3O4S. The van der Waals surface area contributed by atoms with Gasteiger partial charge in [0.2, 0.25) is 15.9 Å². The summed E-state index contributed by atoms with van der Waals surface area (Å²) in [7, 11) is -3.68. The number of nitrogens with zero attached hydrogens (tertiary/aromatic N) is 1. The molecule has 0 spiro atoms. The summed E-state index contributed by atoms with van der Waals surface area (Å²) in [5.41, 5.74) is 3.57. The van der Waals surface area contributed by atoms with Gasteiger partial charge in [0.1, 0.15) is 0 Å². The van der Waals surface area contributed by atoms with E-state index >= 15 is 0 Å². The average molecular weight is 484 g/mol. The molecule has 1 aliphatic rings. The van der Waals surface area contributed by atoms with Crippen LogP contribution in [0.2, 0.25) is 0 Å². The summed E-state index contributed by atoms with van der Waals surface area (Å²) < 4.78 is 27.5. The number of carbonyl (C=O) groups excluding carboxylic acids is 2. The number of amides is 2. The van der Waals surface area contributed by atoms with Crippen molar-refractivity contribution in [3.8, 4) is 0 Å². The van der Waals surface area contributed by atoms with Crippen LogP contribution in [0.3, 0.4) is 0 Å². The number of hydrogen-bond acceptors (Lipinski definition) is 4. The molecular weight excluding hydrogens is 450 g/mol. The Balaban J connectivity index is 1.56. The van der Waals surface area contributed by atoms with Crippen LogP contribution < -0.4 is 10.6 Å². The summed E-state index contributed by atoms with van der Waals surface area (Å²) in [6.45, 7) is 10.6. The second-order valence-electron chi connectivity index (χ2n) is 9.11. The molecule has 7 nitrogen and oxygen atoms in total. The van der Waals surface area contributed by atoms with Crippen molar-refractivity contribution >= 4 is 21.8 Å². The van der Waals surface area contributed by atoms with E-state index in [0.29, 0.717) is 38.0 Å². The van der Waals surface area contributed by atoms with E-state index in [1.807, 2.05) is 6.92 Å². The first-order chi connectivity index (χ1) is 16.0. The average Bonchev–Trinajstić information content (AvgIpc) is 2.81. The molecule has 0 radical (unpaired) electrons. The van der Waals surface area contributed by atoms with Gasteiger partial charge in [0.05, 0.1) is 4.90 Å². The lowest BCUT2D eigenvalue weighted by atomic mass is 9.90. The first kappa shape index (κ1) is 25.6. The van der Waals surface area contributed by atoms with E-state index in [-0.39, 0.29) is 16.7 Å². The van der Waals surface area contributed by atoms with Gasteiger partial charge in [-0.15, -0.1) is 0 Å². The number of piperidine rings is 1. The molecule has 2 N–H and O–H groups in total. The number of carbonyl (C=O) groups is 2. The number of rotatable bonds is 8. The van der Waals surface area contributed by atoms with Gasteiger partial charge < -0.3 is 10.6 Å². The molecule has 0 saturated carbocycles. The molecule has 0 atom stereocenters. The molecule has 0 aromatic heterocycles. The molecule has 2 amide bonds. The molecule has 1 heterocycles. The van der Waals surface area contributed by atoms with E-state index in [1.165, 1.54) is 45.8 Å². The highest BCUT2D eigenvalue weighted by Gasteiger charge is 2.36. The number of sulfonamides is 1. The molecule has 1 fully saturated rings. The van der Waals surface area contributed by atoms with Gasteiger partial charge in [0.15, 0.2) is 0 Å². The molecule has 0 aliphatic carbocycles. The Hall–Kier alpha value is -2.97. The fraction of sp³-hybridized carbons (Fsp3) is 0.385. The lowest BCUT2D eigenvalue weighted by Gasteiger charge is -2.39. The van der Waals surface area contributed by atoms with Crippen LogP contribution in [-0.4, -0.2) is 49.7 Å². The largest absolute Gasteiger partial charge is 0.352 e. The molecule has 3 rings (SSSR count). The predicted molar refractivity (Wildman–Crippen MR) is 133 cm³/mol. The van der Waals surface area contributed by atoms with Gasteiger partial charge in [0.25, 0.3) is 5.91 Å². The van der Waals surface area contributed by atoms with Crippen molar-refractivity contribution in [2.45, 2.75) is 50.5 Å². The Bertz CT molecular complexity index is 1170. The fourth-order valence-corrected chi connectivity index (χ4v) is 5.44. The zero-order valence-corrected chi connectivity index (χ0v) is 20.9. The summed E-state index contributed by atoms with van der Waals surface area (Å²) in [5.74, 6) is -0.499. The number of benzene rings is 2. The molecule has 34 heavy (non-hydrogen) atoms. The van der Waals surface area contributed by atoms with Crippen LogP contribution in [0.15, 0.2) is 60.0 Å². The van der Waals surface area contributed by atoms with Crippen LogP contribution in [0.5, 0.6) is 0 Å². The lowest BCUT2D eigenvalue weighted by molar-refractivity contribution is -0.118. The number of nitrogens with one attached hydrogen (secondary N) is 2. The van der Waals surface area contributed by atoms with Crippen molar-refractivity contribution in [1.29, 1.82) is 0 Å². The van der Waals surface area contributed by atoms with Crippen LogP contribution in [0.4, 0.5) is 0 Å². The maximum Gasteiger partial charge on any atom is 0.251 e. The first-order valence-corrected chi connectivity index (χ1v) is 12.9. The summed E-state index contributed by atoms with van der Waals surface area (Å²) in [5, 5.41) is 5.78. The van der Waals surface area contributed by atoms with Crippen LogP contribution in [0, 0.1) is 13.8 Å². The van der Waals surface area contributed by atoms with Crippen molar-refractivity contribution in [1.82, 2.24) is 14.9 Å². The van der Waals surface area contributed by atoms with Crippen molar-refractivity contribution in [3.05, 3.63) is 77.4 Å². The van der Waals surface area contributed by atoms with E-state index in [9.17, 15) is 18.0 Å². The molecule has 1 saturated heterocycles. The minimum Gasteiger partial charge on any atom is -0.352 e. The third-order valence-corrected chi connectivity index (χ3v) is 8.37. The van der Waals surface area contributed by atoms with Crippen LogP contribution >= 0.6 is 0 Å². The van der Waals surface area contributed by atoms with Crippen molar-refractivity contribution in [3.63, 3.8) is 0 Å². The normalized spacial score (nSPS) is 16.0. The van der Waals surface area contributed by atoms with Crippen LogP contribution in [0.25, 0.3) is 0 Å². The number of hydrogen-bond donors (Lipinski definition) is 2. The van der Waals surface area contributed by atoms with Crippen LogP contribution in [0.1, 0.15) is 46.8 Å². The lowest BCUT2D eigenvalue weighted by Crippen LogP contribution is -2.53. The van der Waals surface area contributed by atoms with Gasteiger partial charge in [0, 0.05) is 30.7 Å². The van der Waals surface area contributed by atoms with Gasteiger partial charge in [-0.3, -0.25) is 9.59 Å². The molecule has 0 unspecified atom stereocenters. The Kier molecular flexibility index (Phi) is 7.94. The van der Waals surface area contributed by atoms with E-state index in [4.69, 9.17) is 0 Å². The van der Waals surface area contributed by atoms with E-state index in [0.717, 1.165) is 12.0 Å². The predicted octanol–water partition coefficient (Wildman–Crippen LogP) is 3.12. The van der Waals surface area contributed by atoms with Crippen molar-refractivity contribution in [2.75, 3.05) is 19.6 Å². The SMILES string of the molecule is C=CC(=O)NC1(C)CCN(S(=O)(=O)c2ccc(C(=O)NCCc3ccc(C)c(C)c3)cc2)CC1. The van der Waals surface area contributed by atoms with Gasteiger partial charge >= 0.3 is 0 Å². The molecule has 0 bridgehead atoms. The zero-order chi connectivity index (χ0) is 24.9. The van der Waals surface area contributed by atoms with Crippen LogP contribution in [-0.2, 0) is 21.2 Å². The Morgan fingerprint density at radius 1 is 1.06 bits per heavy atom. The molecule has 2 aromatic carbocycles. The maximum atomic E-state index is 13.1. The molecule has 2 aromatic rings. The highest BCUT2D eigenvalue weighted by molar-refractivity contribution is 7.89. The smallest absolute Gasteiger partial charge is 0.251 e. The second kappa shape index (κ2) is 10.5. The third-order valence-electron chi connectivity index (χ3n) is 6.46. The zero-order valence-electron chi connectivity index (χ0n) is 20.1. The van der Waals surface area contributed by atoms with Gasteiger partial charge in [-0.1, -0.05) is 24.8 Å². The summed E-state index contributed by atoms with van der Waals surface area (Å²) in [6.07, 6.45) is 2.95. The fourth-order valence-electron chi connectivity index (χ4n) is 4.00. The van der Waals surface area contributed by atoms with Gasteiger partial charge in [-0.25, -0.2) is 8.42 Å². The van der Waals surface area contributed by atoms with E-state index in [2.05, 4.69) is 49.3 Å². The second-order valence-corrected chi connectivity index (χ2v) is 11.0. The first-order valence-electron chi connectivity index (χ1n) is 11.4. The number of aryl methyl sites for hydroxylation is 2. The topological polar surface area (TPSA) is 95.6 Å². The minimum absolute atomic E-state index is 0.151. The molecule has 1 aliphatic heterocycles. The summed E-state index contributed by atoms with van der Waals surface area (Å²) in [6, 6.07) is 12.3. The highest BCUT2D eigenvalue weighted by atomic mass is 32.2. The summed E-state index contributed by atoms with van der Waals surface area (Å²) >= 11 is 0. The summed E-state index contributed by atoms with van der Waals surface area (Å²) in [4.78, 5) is 24.3. The Morgan fingerprint density at radius 2 is 1.71 bits per heavy atom. The Morgan fingerprint density at radius 3 is 2.29 bits per heavy atom. The van der Waals surface area contributed by atoms with Gasteiger partial charge in [-0.2, -0.15) is 4.31 Å². The van der Waals surface area contributed by atoms with Gasteiger partial charge in [-0.05, 0) is 87.1 Å². The van der Waals surface area contributed by atoms with E-state index in [1.54, 1.807) is 0 Å². The van der Waals surface area contributed by atoms with Crippen molar-refractivity contribution in [2.24, 2.45) is 0 Å². The maximum absolute atomic E-state index is 13.1. The third kappa shape index (κ3) is 6.12. The quantitative estimate of drug-likeness (QED) is 0.564. The molecule has 182 valence electrons. The molecule has 8 heteroatoms. The standard InChI is InChI=1S/C26H33N3O4S/c1-5-24(30)28-26(4)13-16-29(17-14-26)34(32,33)23-10-8-22(9-11-23)25(31)27-15-12-21-7-6-19(2)20(3)18-21/h5-11,18H,1,12-17H2,2-4H3,(H,27,31)(H,28,30). The highest BCUT2D eigenvalue weighted by Crippen LogP contribution is 2.26. The van der Waals surface area contributed by atoms with Crippen molar-refractivity contribution < 1.29 is 18.0 Å².